The Balaban J connectivity index is 0.822. The van der Waals surface area contributed by atoms with E-state index in [0.29, 0.717) is 0 Å². The van der Waals surface area contributed by atoms with E-state index in [2.05, 4.69) is 53.8 Å². The molecule has 0 bridgehead atoms. The van der Waals surface area contributed by atoms with Gasteiger partial charge in [-0.15, -0.1) is 0 Å². The lowest BCUT2D eigenvalue weighted by molar-refractivity contribution is -0.746. The van der Waals surface area contributed by atoms with Crippen LogP contribution >= 0.6 is 31.3 Å². The number of para-hydroxylation sites is 1. The van der Waals surface area contributed by atoms with Crippen LogP contribution in [0.2, 0.25) is 0 Å². The van der Waals surface area contributed by atoms with Crippen LogP contribution in [0.4, 0.5) is 23.4 Å². The van der Waals surface area contributed by atoms with Gasteiger partial charge < -0.3 is 80.1 Å². The summed E-state index contributed by atoms with van der Waals surface area (Å²) in [5.74, 6) is -0.431. The lowest BCUT2D eigenvalue weighted by atomic mass is 9.84. The normalized spacial score (nSPS) is 27.5. The molecule has 1 aromatic carbocycles. The number of rotatable bonds is 26. The minimum absolute atomic E-state index is 0.0525. The number of aromatic amines is 2. The summed E-state index contributed by atoms with van der Waals surface area (Å²) >= 11 is 0. The fourth-order valence-corrected chi connectivity index (χ4v) is 15.0. The highest BCUT2D eigenvalue weighted by Gasteiger charge is 2.54. The van der Waals surface area contributed by atoms with Crippen LogP contribution < -0.4 is 32.5 Å². The molecule has 0 aliphatic carbocycles. The standard InChI is InChI=1S/C45H60N16O27P4/c1-45(2,3)33(19-9-7-8-10-20(19)61(67)68)79-18-78-31-28(63)22(84-41(31)60-17-57(5)26-37(60)54-44(47)56-39(26)66)12-81-90(71,72)87-92(75,76)88-91(73,74)82-13-23-30(32(77-6)42(85-23)58-15-51-24-34(48-4)49-14-50-35(24)58)86-89(69,70)80-11-21-27(62)29(64)40(83-21)59-16-52-25-36(59)53-43(46)55-38(25)65/h7-10,14-17,21-23,27-33,40-42,62-64H,11-13,18H2,1-6H3,(H10-,46,47,48,49,50,53,54,55,56,65,66,69,70,71,72,73,74,75,76)/p+1/t21-,22-,23-,27?,28+,29+,30?,31?,32+,33?,40-,41-,42-/m1/s1. The molecule has 7 aromatic rings. The first kappa shape index (κ1) is 68.3. The topological polar surface area (TPSA) is 590 Å². The van der Waals surface area contributed by atoms with Gasteiger partial charge in [-0.2, -0.15) is 13.6 Å². The Morgan fingerprint density at radius 2 is 1.36 bits per heavy atom. The lowest BCUT2D eigenvalue weighted by Crippen LogP contribution is -2.47. The number of aromatic nitrogens is 12. The molecule has 3 aliphatic rings. The number of hydrogen-bond acceptors (Lipinski definition) is 32. The van der Waals surface area contributed by atoms with Crippen molar-refractivity contribution in [1.29, 1.82) is 0 Å². The van der Waals surface area contributed by atoms with Crippen LogP contribution in [0.5, 0.6) is 0 Å². The number of imidazole rings is 3. The van der Waals surface area contributed by atoms with Crippen molar-refractivity contribution in [3.63, 3.8) is 0 Å². The molecule has 0 saturated carbocycles. The first-order valence-electron chi connectivity index (χ1n) is 26.9. The Morgan fingerprint density at radius 3 is 2.01 bits per heavy atom. The second-order valence-corrected chi connectivity index (χ2v) is 27.7. The number of phosphoric acid groups is 4. The minimum Gasteiger partial charge on any atom is -0.387 e. The first-order valence-corrected chi connectivity index (χ1v) is 32.9. The molecule has 0 spiro atoms. The molecule has 17 atom stereocenters. The van der Waals surface area contributed by atoms with E-state index in [9.17, 15) is 72.9 Å². The molecular formula is C45H61N16O27P4+. The summed E-state index contributed by atoms with van der Waals surface area (Å²) in [5, 5.41) is 48.5. The van der Waals surface area contributed by atoms with Gasteiger partial charge in [0, 0.05) is 20.2 Å². The third kappa shape index (κ3) is 14.3. The first-order chi connectivity index (χ1) is 43.2. The molecule has 3 aliphatic heterocycles. The number of ether oxygens (including phenoxy) is 6. The van der Waals surface area contributed by atoms with Gasteiger partial charge in [-0.05, 0) is 11.5 Å². The molecular weight excluding hydrogens is 1320 g/mol. The number of anilines is 3. The van der Waals surface area contributed by atoms with Crippen molar-refractivity contribution in [3.8, 4) is 0 Å². The molecule has 9 heterocycles. The van der Waals surface area contributed by atoms with Gasteiger partial charge in [0.25, 0.3) is 22.8 Å². The van der Waals surface area contributed by atoms with Crippen molar-refractivity contribution in [2.45, 2.75) is 100 Å². The molecule has 0 amide bonds. The van der Waals surface area contributed by atoms with Crippen LogP contribution in [0.3, 0.4) is 0 Å². The summed E-state index contributed by atoms with van der Waals surface area (Å²) in [5.41, 5.74) is 8.91. The molecule has 43 nitrogen and oxygen atoms in total. The third-order valence-corrected chi connectivity index (χ3v) is 19.7. The summed E-state index contributed by atoms with van der Waals surface area (Å²) in [6.07, 6.45) is -16.6. The number of nitrogens with zero attached hydrogens (tertiary/aromatic N) is 11. The van der Waals surface area contributed by atoms with Gasteiger partial charge in [0.05, 0.1) is 56.1 Å². The molecule has 8 unspecified atom stereocenters. The van der Waals surface area contributed by atoms with Crippen molar-refractivity contribution in [3.05, 3.63) is 86.0 Å². The number of H-pyrrole nitrogens is 2. The number of nitrogens with two attached hydrogens (primary N) is 2. The van der Waals surface area contributed by atoms with E-state index in [1.165, 1.54) is 58.7 Å². The quantitative estimate of drug-likeness (QED) is 0.0106. The molecule has 502 valence electrons. The average molecular weight is 1380 g/mol. The van der Waals surface area contributed by atoms with E-state index < -0.39 is 159 Å². The molecule has 6 aromatic heterocycles. The Morgan fingerprint density at radius 1 is 0.761 bits per heavy atom. The fourth-order valence-electron chi connectivity index (χ4n) is 10.5. The molecule has 92 heavy (non-hydrogen) atoms. The minimum atomic E-state index is -6.31. The van der Waals surface area contributed by atoms with Gasteiger partial charge in [0.15, 0.2) is 41.4 Å². The number of fused-ring (bicyclic) bond motifs is 3. The maximum Gasteiger partial charge on any atom is 0.490 e. The summed E-state index contributed by atoms with van der Waals surface area (Å²) < 4.78 is 124. The van der Waals surface area contributed by atoms with Crippen LogP contribution in [-0.2, 0) is 80.4 Å². The lowest BCUT2D eigenvalue weighted by Gasteiger charge is -2.31. The van der Waals surface area contributed by atoms with E-state index in [0.717, 1.165) is 24.3 Å². The molecule has 47 heteroatoms. The van der Waals surface area contributed by atoms with Crippen molar-refractivity contribution < 1.29 is 118 Å². The zero-order valence-corrected chi connectivity index (χ0v) is 52.2. The average Bonchev–Trinajstić information content (AvgIpc) is 1.61. The zero-order chi connectivity index (χ0) is 66.7. The number of nitro groups is 1. The summed E-state index contributed by atoms with van der Waals surface area (Å²) in [6, 6.07) is 5.79. The summed E-state index contributed by atoms with van der Waals surface area (Å²) in [7, 11) is -19.7. The van der Waals surface area contributed by atoms with Crippen LogP contribution in [0, 0.1) is 15.5 Å². The number of nitrogens with one attached hydrogen (secondary N) is 3. The molecule has 3 saturated heterocycles. The SMILES string of the molecule is CNc1ncnc2c1ncn2[C@@H]1O[C@H](COP(=O)(O)OP(=O)(O)OP(=O)(O)OC[C@H]2O[C@@H]([n+]3cn(C)c4c(=O)[nH]c(N)nc43)C(OCOC(c3ccccc3[N+](=O)[O-])C(C)(C)C)[C@H]2O)C(OP(=O)(O)OC[C@H]2O[C@@H](n3cnc4c(=O)[nH]c(N)nc43)[C@@H](O)C2O)[C@@H]1OC. The van der Waals surface area contributed by atoms with E-state index in [1.54, 1.807) is 26.8 Å². The molecule has 10 rings (SSSR count). The molecule has 0 radical (unpaired) electrons. The van der Waals surface area contributed by atoms with Gasteiger partial charge in [-0.25, -0.2) is 42.8 Å². The second-order valence-electron chi connectivity index (χ2n) is 21.7. The van der Waals surface area contributed by atoms with E-state index in [4.69, 9.17) is 58.0 Å². The molecule has 3 fully saturated rings. The van der Waals surface area contributed by atoms with Crippen molar-refractivity contribution in [1.82, 2.24) is 53.6 Å². The van der Waals surface area contributed by atoms with Crippen molar-refractivity contribution in [2.75, 3.05) is 57.6 Å². The molecule has 14 N–H and O–H groups in total. The second kappa shape index (κ2) is 26.3. The Hall–Kier alpha value is -6.57. The van der Waals surface area contributed by atoms with Crippen LogP contribution in [-0.4, -0.2) is 189 Å². The van der Waals surface area contributed by atoms with Gasteiger partial charge in [0.2, 0.25) is 17.7 Å². The predicted molar refractivity (Wildman–Crippen MR) is 304 cm³/mol. The van der Waals surface area contributed by atoms with E-state index in [-0.39, 0.29) is 62.5 Å². The van der Waals surface area contributed by atoms with E-state index >= 15 is 0 Å². The Bertz CT molecular complexity index is 4220. The largest absolute Gasteiger partial charge is 0.490 e. The maximum absolute atomic E-state index is 13.9. The highest BCUT2D eigenvalue weighted by molar-refractivity contribution is 7.66. The predicted octanol–water partition coefficient (Wildman–Crippen LogP) is -0.557. The van der Waals surface area contributed by atoms with Crippen LogP contribution in [0.25, 0.3) is 33.5 Å². The van der Waals surface area contributed by atoms with Crippen molar-refractivity contribution >= 4 is 88.2 Å². The Kier molecular flexibility index (Phi) is 19.5. The van der Waals surface area contributed by atoms with Crippen molar-refractivity contribution in [2.24, 2.45) is 12.5 Å². The number of aryl methyl sites for hydroxylation is 1. The smallest absolute Gasteiger partial charge is 0.387 e. The van der Waals surface area contributed by atoms with Crippen LogP contribution in [0.1, 0.15) is 51.1 Å². The van der Waals surface area contributed by atoms with E-state index in [1.807, 2.05) is 0 Å². The fraction of sp³-hybridized carbons (Fsp3) is 0.533. The Labute approximate surface area is 514 Å². The zero-order valence-electron chi connectivity index (χ0n) is 48.6. The number of benzene rings is 1. The van der Waals surface area contributed by atoms with Gasteiger partial charge in [0.1, 0.15) is 73.6 Å². The van der Waals surface area contributed by atoms with Gasteiger partial charge in [-0.3, -0.25) is 61.5 Å². The summed E-state index contributed by atoms with van der Waals surface area (Å²) in [6.45, 7) is 1.02. The van der Waals surface area contributed by atoms with Gasteiger partial charge in [-0.1, -0.05) is 37.9 Å². The third-order valence-electron chi connectivity index (χ3n) is 14.4. The maximum atomic E-state index is 13.9. The number of hydrogen-bond donors (Lipinski definition) is 12. The van der Waals surface area contributed by atoms with Crippen LogP contribution in [0.15, 0.2) is 59.2 Å². The number of aliphatic hydroxyl groups excluding tert-OH is 3. The number of phosphoric ester groups is 3. The number of nitrogen functional groups attached to an aromatic ring is 2. The summed E-state index contributed by atoms with van der Waals surface area (Å²) in [4.78, 5) is 110. The number of methoxy groups -OCH3 is 1. The monoisotopic (exact) mass is 1380 g/mol. The number of nitro benzene ring substituents is 1. The highest BCUT2D eigenvalue weighted by atomic mass is 31.3. The number of aliphatic hydroxyl groups is 3. The van der Waals surface area contributed by atoms with Gasteiger partial charge >= 0.3 is 36.9 Å². The highest BCUT2D eigenvalue weighted by Crippen LogP contribution is 2.68.